The van der Waals surface area contributed by atoms with Crippen LogP contribution in [-0.2, 0) is 14.3 Å². The molecule has 30 heavy (non-hydrogen) atoms. The van der Waals surface area contributed by atoms with E-state index in [9.17, 15) is 9.59 Å². The molecule has 3 aliphatic rings. The van der Waals surface area contributed by atoms with Crippen molar-refractivity contribution in [2.45, 2.75) is 38.2 Å². The van der Waals surface area contributed by atoms with Crippen LogP contribution in [-0.4, -0.2) is 85.0 Å². The fraction of sp³-hybridized carbons (Fsp3) is 0.652. The molecule has 0 N–H and O–H groups in total. The first-order valence-corrected chi connectivity index (χ1v) is 11.3. The lowest BCUT2D eigenvalue weighted by Crippen LogP contribution is -2.40. The summed E-state index contributed by atoms with van der Waals surface area (Å²) in [6.07, 6.45) is 10.6. The number of ether oxygens (including phenoxy) is 1. The van der Waals surface area contributed by atoms with Crippen LogP contribution in [0.4, 0.5) is 0 Å². The lowest BCUT2D eigenvalue weighted by atomic mass is 10.3. The summed E-state index contributed by atoms with van der Waals surface area (Å²) >= 11 is 0. The summed E-state index contributed by atoms with van der Waals surface area (Å²) in [6.45, 7) is 5.55. The van der Waals surface area contributed by atoms with E-state index in [1.807, 2.05) is 34.1 Å². The van der Waals surface area contributed by atoms with Gasteiger partial charge in [0.1, 0.15) is 5.76 Å². The van der Waals surface area contributed by atoms with Crippen molar-refractivity contribution in [3.05, 3.63) is 30.2 Å². The first kappa shape index (κ1) is 21.1. The Hall–Kier alpha value is -2.12. The quantitative estimate of drug-likeness (QED) is 0.586. The molecular weight excluding hydrogens is 382 g/mol. The average molecular weight is 416 g/mol. The Balaban J connectivity index is 1.31. The standard InChI is InChI=1S/C23H33N3O4/c27-22-7-2-11-25(22)12-4-13-26-16-21(30-18-19-8-9-19)15-24(17-23(26)28)10-1-5-20-6-3-14-29-20/h1,3,5-6,14,19,21H,2,4,7-13,15-18H2/b5-1+/t21-/m1/s1. The Morgan fingerprint density at radius 2 is 2.00 bits per heavy atom. The third kappa shape index (κ3) is 6.19. The van der Waals surface area contributed by atoms with E-state index in [1.165, 1.54) is 12.8 Å². The van der Waals surface area contributed by atoms with Gasteiger partial charge < -0.3 is 19.0 Å². The number of carbonyl (C=O) groups is 2. The number of hydrogen-bond acceptors (Lipinski definition) is 5. The minimum Gasteiger partial charge on any atom is -0.465 e. The molecule has 1 aliphatic carbocycles. The number of nitrogens with zero attached hydrogens (tertiary/aromatic N) is 3. The summed E-state index contributed by atoms with van der Waals surface area (Å²) in [5.41, 5.74) is 0. The van der Waals surface area contributed by atoms with Crippen molar-refractivity contribution < 1.29 is 18.7 Å². The molecule has 0 radical (unpaired) electrons. The summed E-state index contributed by atoms with van der Waals surface area (Å²) in [5, 5.41) is 0. The van der Waals surface area contributed by atoms with Gasteiger partial charge in [-0.3, -0.25) is 14.5 Å². The first-order chi connectivity index (χ1) is 14.7. The molecule has 2 aliphatic heterocycles. The Bertz CT molecular complexity index is 729. The second-order valence-electron chi connectivity index (χ2n) is 8.69. The summed E-state index contributed by atoms with van der Waals surface area (Å²) in [5.74, 6) is 1.91. The van der Waals surface area contributed by atoms with Crippen LogP contribution in [0.5, 0.6) is 0 Å². The van der Waals surface area contributed by atoms with E-state index in [2.05, 4.69) is 4.90 Å². The molecule has 1 aromatic rings. The molecule has 3 heterocycles. The molecule has 0 bridgehead atoms. The Labute approximate surface area is 178 Å². The minimum atomic E-state index is 0.0301. The normalized spacial score (nSPS) is 23.7. The van der Waals surface area contributed by atoms with Gasteiger partial charge in [-0.25, -0.2) is 0 Å². The first-order valence-electron chi connectivity index (χ1n) is 11.3. The van der Waals surface area contributed by atoms with E-state index < -0.39 is 0 Å². The van der Waals surface area contributed by atoms with E-state index in [4.69, 9.17) is 9.15 Å². The maximum absolute atomic E-state index is 12.9. The molecule has 164 valence electrons. The molecule has 7 nitrogen and oxygen atoms in total. The van der Waals surface area contributed by atoms with Crippen LogP contribution in [0.25, 0.3) is 6.08 Å². The van der Waals surface area contributed by atoms with E-state index in [-0.39, 0.29) is 17.9 Å². The maximum atomic E-state index is 12.9. The SMILES string of the molecule is O=C1CCCN1CCCN1C[C@H](OCC2CC2)CN(C/C=C/c2ccco2)CC1=O. The van der Waals surface area contributed by atoms with Crippen molar-refractivity contribution in [1.29, 1.82) is 0 Å². The summed E-state index contributed by atoms with van der Waals surface area (Å²) < 4.78 is 11.5. The van der Waals surface area contributed by atoms with Crippen LogP contribution in [0.1, 0.15) is 37.9 Å². The van der Waals surface area contributed by atoms with Gasteiger partial charge in [-0.1, -0.05) is 6.08 Å². The number of likely N-dealkylation sites (tertiary alicyclic amines) is 1. The van der Waals surface area contributed by atoms with Crippen molar-refractivity contribution >= 4 is 17.9 Å². The highest BCUT2D eigenvalue weighted by atomic mass is 16.5. The van der Waals surface area contributed by atoms with E-state index in [0.717, 1.165) is 44.8 Å². The molecule has 3 fully saturated rings. The van der Waals surface area contributed by atoms with Gasteiger partial charge in [0.25, 0.3) is 0 Å². The van der Waals surface area contributed by atoms with Gasteiger partial charge in [-0.2, -0.15) is 0 Å². The molecule has 0 unspecified atom stereocenters. The highest BCUT2D eigenvalue weighted by Gasteiger charge is 2.30. The summed E-state index contributed by atoms with van der Waals surface area (Å²) in [4.78, 5) is 30.7. The largest absolute Gasteiger partial charge is 0.465 e. The van der Waals surface area contributed by atoms with Gasteiger partial charge in [-0.15, -0.1) is 0 Å². The second kappa shape index (κ2) is 10.3. The number of amides is 2. The van der Waals surface area contributed by atoms with Crippen molar-refractivity contribution in [3.8, 4) is 0 Å². The maximum Gasteiger partial charge on any atom is 0.236 e. The Morgan fingerprint density at radius 3 is 2.73 bits per heavy atom. The minimum absolute atomic E-state index is 0.0301. The van der Waals surface area contributed by atoms with Crippen LogP contribution >= 0.6 is 0 Å². The third-order valence-corrected chi connectivity index (χ3v) is 6.08. The van der Waals surface area contributed by atoms with E-state index in [1.54, 1.807) is 6.26 Å². The monoisotopic (exact) mass is 415 g/mol. The number of furan rings is 1. The zero-order valence-electron chi connectivity index (χ0n) is 17.7. The molecule has 2 amide bonds. The van der Waals surface area contributed by atoms with E-state index >= 15 is 0 Å². The fourth-order valence-corrected chi connectivity index (χ4v) is 4.16. The second-order valence-corrected chi connectivity index (χ2v) is 8.69. The third-order valence-electron chi connectivity index (χ3n) is 6.08. The molecule has 0 spiro atoms. The predicted molar refractivity (Wildman–Crippen MR) is 114 cm³/mol. The zero-order chi connectivity index (χ0) is 20.8. The van der Waals surface area contributed by atoms with Gasteiger partial charge >= 0.3 is 0 Å². The Kier molecular flexibility index (Phi) is 7.23. The topological polar surface area (TPSA) is 66.2 Å². The Morgan fingerprint density at radius 1 is 1.13 bits per heavy atom. The molecule has 1 saturated carbocycles. The van der Waals surface area contributed by atoms with Crippen molar-refractivity contribution in [2.24, 2.45) is 5.92 Å². The molecule has 7 heteroatoms. The van der Waals surface area contributed by atoms with Crippen molar-refractivity contribution in [3.63, 3.8) is 0 Å². The summed E-state index contributed by atoms with van der Waals surface area (Å²) in [6, 6.07) is 3.78. The van der Waals surface area contributed by atoms with Gasteiger partial charge in [0.05, 0.1) is 18.9 Å². The molecule has 2 saturated heterocycles. The van der Waals surface area contributed by atoms with Crippen LogP contribution in [0.15, 0.2) is 28.9 Å². The van der Waals surface area contributed by atoms with Gasteiger partial charge in [0, 0.05) is 52.3 Å². The van der Waals surface area contributed by atoms with Crippen LogP contribution in [0, 0.1) is 5.92 Å². The molecule has 1 atom stereocenters. The lowest BCUT2D eigenvalue weighted by molar-refractivity contribution is -0.131. The molecule has 1 aromatic heterocycles. The highest BCUT2D eigenvalue weighted by molar-refractivity contribution is 5.79. The number of hydrogen-bond donors (Lipinski definition) is 0. The number of rotatable bonds is 10. The van der Waals surface area contributed by atoms with Crippen LogP contribution in [0.2, 0.25) is 0 Å². The smallest absolute Gasteiger partial charge is 0.236 e. The van der Waals surface area contributed by atoms with Crippen LogP contribution < -0.4 is 0 Å². The number of carbonyl (C=O) groups excluding carboxylic acids is 2. The molecule has 4 rings (SSSR count). The fourth-order valence-electron chi connectivity index (χ4n) is 4.16. The van der Waals surface area contributed by atoms with Crippen molar-refractivity contribution in [1.82, 2.24) is 14.7 Å². The van der Waals surface area contributed by atoms with Crippen molar-refractivity contribution in [2.75, 3.05) is 52.4 Å². The average Bonchev–Trinajstić information content (AvgIpc) is 3.29. The van der Waals surface area contributed by atoms with Gasteiger partial charge in [-0.05, 0) is 49.8 Å². The van der Waals surface area contributed by atoms with E-state index in [0.29, 0.717) is 38.5 Å². The zero-order valence-corrected chi connectivity index (χ0v) is 17.7. The lowest BCUT2D eigenvalue weighted by Gasteiger charge is -2.25. The van der Waals surface area contributed by atoms with Gasteiger partial charge in [0.2, 0.25) is 11.8 Å². The molecule has 0 aromatic carbocycles. The van der Waals surface area contributed by atoms with Crippen LogP contribution in [0.3, 0.4) is 0 Å². The van der Waals surface area contributed by atoms with Gasteiger partial charge in [0.15, 0.2) is 0 Å². The summed E-state index contributed by atoms with van der Waals surface area (Å²) in [7, 11) is 0. The predicted octanol–water partition coefficient (Wildman–Crippen LogP) is 2.24. The highest BCUT2D eigenvalue weighted by Crippen LogP contribution is 2.29. The molecular formula is C23H33N3O4.